The molecule has 31 heavy (non-hydrogen) atoms. The quantitative estimate of drug-likeness (QED) is 0.627. The van der Waals surface area contributed by atoms with E-state index in [-0.39, 0.29) is 0 Å². The van der Waals surface area contributed by atoms with Gasteiger partial charge in [0, 0.05) is 38.4 Å². The zero-order valence-electron chi connectivity index (χ0n) is 19.3. The molecule has 1 aliphatic carbocycles. The topological polar surface area (TPSA) is 26.7 Å². The summed E-state index contributed by atoms with van der Waals surface area (Å²) in [6.07, 6.45) is 3.51. The van der Waals surface area contributed by atoms with E-state index in [1.165, 1.54) is 28.8 Å². The van der Waals surface area contributed by atoms with Crippen LogP contribution in [-0.4, -0.2) is 42.7 Å². The molecule has 1 saturated heterocycles. The average molecular weight is 417 g/mol. The van der Waals surface area contributed by atoms with E-state index in [1.54, 1.807) is 5.57 Å². The summed E-state index contributed by atoms with van der Waals surface area (Å²) in [7, 11) is 0. The van der Waals surface area contributed by atoms with Crippen LogP contribution in [0.5, 0.6) is 5.75 Å². The SMILES string of the molecule is C=C(C)c1ccc(N2CCN(CC3=C(c4ccc(O)cc4)CCC(C)(C)C3)CC2)cc1. The van der Waals surface area contributed by atoms with Crippen LogP contribution in [0.1, 0.15) is 51.2 Å². The number of anilines is 1. The molecule has 1 heterocycles. The van der Waals surface area contributed by atoms with Gasteiger partial charge in [0.15, 0.2) is 0 Å². The maximum absolute atomic E-state index is 9.69. The fourth-order valence-corrected chi connectivity index (χ4v) is 4.97. The molecule has 2 aromatic rings. The van der Waals surface area contributed by atoms with E-state index >= 15 is 0 Å². The first-order valence-electron chi connectivity index (χ1n) is 11.5. The smallest absolute Gasteiger partial charge is 0.115 e. The summed E-state index contributed by atoms with van der Waals surface area (Å²) >= 11 is 0. The first-order chi connectivity index (χ1) is 14.8. The predicted octanol–water partition coefficient (Wildman–Crippen LogP) is 6.21. The van der Waals surface area contributed by atoms with Gasteiger partial charge in [0.05, 0.1) is 0 Å². The van der Waals surface area contributed by atoms with E-state index in [4.69, 9.17) is 0 Å². The van der Waals surface area contributed by atoms with Gasteiger partial charge in [-0.2, -0.15) is 0 Å². The molecule has 0 atom stereocenters. The average Bonchev–Trinajstić information content (AvgIpc) is 2.75. The van der Waals surface area contributed by atoms with Crippen molar-refractivity contribution in [3.05, 3.63) is 71.8 Å². The molecule has 0 radical (unpaired) electrons. The predicted molar refractivity (Wildman–Crippen MR) is 132 cm³/mol. The molecule has 1 fully saturated rings. The van der Waals surface area contributed by atoms with Gasteiger partial charge in [-0.3, -0.25) is 4.90 Å². The third kappa shape index (κ3) is 5.22. The van der Waals surface area contributed by atoms with Crippen molar-refractivity contribution in [1.82, 2.24) is 4.90 Å². The molecule has 0 aromatic heterocycles. The third-order valence-electron chi connectivity index (χ3n) is 6.90. The van der Waals surface area contributed by atoms with Gasteiger partial charge in [0.1, 0.15) is 5.75 Å². The number of allylic oxidation sites excluding steroid dienone is 2. The number of phenols is 1. The van der Waals surface area contributed by atoms with Crippen LogP contribution in [-0.2, 0) is 0 Å². The number of hydrogen-bond donors (Lipinski definition) is 1. The van der Waals surface area contributed by atoms with E-state index in [9.17, 15) is 5.11 Å². The highest BCUT2D eigenvalue weighted by Gasteiger charge is 2.29. The van der Waals surface area contributed by atoms with E-state index in [0.717, 1.165) is 51.1 Å². The van der Waals surface area contributed by atoms with Gasteiger partial charge in [0.25, 0.3) is 0 Å². The molecular weight excluding hydrogens is 380 g/mol. The van der Waals surface area contributed by atoms with Crippen molar-refractivity contribution >= 4 is 16.8 Å². The summed E-state index contributed by atoms with van der Waals surface area (Å²) in [4.78, 5) is 5.12. The Hall–Kier alpha value is -2.52. The fourth-order valence-electron chi connectivity index (χ4n) is 4.97. The van der Waals surface area contributed by atoms with E-state index in [2.05, 4.69) is 73.5 Å². The number of benzene rings is 2. The number of nitrogens with zero attached hydrogens (tertiary/aromatic N) is 2. The molecule has 0 spiro atoms. The standard InChI is InChI=1S/C28H36N2O/c1-21(2)22-5-9-25(10-6-22)30-17-15-29(16-18-30)20-24-19-28(3,4)14-13-27(24)23-7-11-26(31)12-8-23/h5-12,31H,1,13-20H2,2-4H3. The molecule has 3 nitrogen and oxygen atoms in total. The fraction of sp³-hybridized carbons (Fsp3) is 0.429. The second kappa shape index (κ2) is 8.92. The van der Waals surface area contributed by atoms with E-state index < -0.39 is 0 Å². The van der Waals surface area contributed by atoms with Crippen molar-refractivity contribution in [3.63, 3.8) is 0 Å². The molecule has 4 rings (SSSR count). The molecule has 1 aliphatic heterocycles. The van der Waals surface area contributed by atoms with Crippen LogP contribution in [0.15, 0.2) is 60.7 Å². The minimum Gasteiger partial charge on any atom is -0.508 e. The van der Waals surface area contributed by atoms with Gasteiger partial charge in [-0.1, -0.05) is 55.8 Å². The molecule has 3 heteroatoms. The molecule has 1 N–H and O–H groups in total. The number of rotatable bonds is 5. The number of piperazine rings is 1. The lowest BCUT2D eigenvalue weighted by atomic mass is 9.72. The molecule has 0 bridgehead atoms. The lowest BCUT2D eigenvalue weighted by Crippen LogP contribution is -2.47. The maximum Gasteiger partial charge on any atom is 0.115 e. The van der Waals surface area contributed by atoms with Gasteiger partial charge in [0.2, 0.25) is 0 Å². The van der Waals surface area contributed by atoms with Crippen molar-refractivity contribution in [1.29, 1.82) is 0 Å². The maximum atomic E-state index is 9.69. The van der Waals surface area contributed by atoms with Crippen LogP contribution in [0.3, 0.4) is 0 Å². The first-order valence-corrected chi connectivity index (χ1v) is 11.5. The molecular formula is C28H36N2O. The van der Waals surface area contributed by atoms with E-state index in [1.807, 2.05) is 12.1 Å². The Balaban J connectivity index is 1.45. The Bertz CT molecular complexity index is 946. The van der Waals surface area contributed by atoms with Crippen LogP contribution in [0, 0.1) is 5.41 Å². The second-order valence-electron chi connectivity index (χ2n) is 10.1. The van der Waals surface area contributed by atoms with Crippen LogP contribution in [0.4, 0.5) is 5.69 Å². The molecule has 0 amide bonds. The Morgan fingerprint density at radius 1 is 0.968 bits per heavy atom. The van der Waals surface area contributed by atoms with Gasteiger partial charge >= 0.3 is 0 Å². The zero-order valence-corrected chi connectivity index (χ0v) is 19.3. The summed E-state index contributed by atoms with van der Waals surface area (Å²) in [5.41, 5.74) is 8.37. The van der Waals surface area contributed by atoms with Gasteiger partial charge < -0.3 is 10.0 Å². The minimum atomic E-state index is 0.342. The third-order valence-corrected chi connectivity index (χ3v) is 6.90. The van der Waals surface area contributed by atoms with Crippen molar-refractivity contribution in [2.75, 3.05) is 37.6 Å². The Labute approximate surface area is 187 Å². The minimum absolute atomic E-state index is 0.342. The Kier molecular flexibility index (Phi) is 6.24. The van der Waals surface area contributed by atoms with Crippen molar-refractivity contribution < 1.29 is 5.11 Å². The lowest BCUT2D eigenvalue weighted by molar-refractivity contribution is 0.256. The Morgan fingerprint density at radius 2 is 1.61 bits per heavy atom. The lowest BCUT2D eigenvalue weighted by Gasteiger charge is -2.39. The summed E-state index contributed by atoms with van der Waals surface area (Å²) in [5, 5.41) is 9.69. The van der Waals surface area contributed by atoms with Crippen molar-refractivity contribution in [2.45, 2.75) is 40.0 Å². The molecule has 0 saturated carbocycles. The molecule has 2 aromatic carbocycles. The summed E-state index contributed by atoms with van der Waals surface area (Å²) in [6, 6.07) is 16.6. The molecule has 164 valence electrons. The van der Waals surface area contributed by atoms with Crippen LogP contribution < -0.4 is 4.90 Å². The zero-order chi connectivity index (χ0) is 22.0. The number of aromatic hydroxyl groups is 1. The largest absolute Gasteiger partial charge is 0.508 e. The Morgan fingerprint density at radius 3 is 2.23 bits per heavy atom. The van der Waals surface area contributed by atoms with Gasteiger partial charge in [-0.25, -0.2) is 0 Å². The van der Waals surface area contributed by atoms with Crippen molar-refractivity contribution in [2.24, 2.45) is 5.41 Å². The number of hydrogen-bond acceptors (Lipinski definition) is 3. The van der Waals surface area contributed by atoms with Crippen molar-refractivity contribution in [3.8, 4) is 5.75 Å². The summed E-state index contributed by atoms with van der Waals surface area (Å²) in [5.74, 6) is 0.342. The summed E-state index contributed by atoms with van der Waals surface area (Å²) in [6.45, 7) is 16.3. The second-order valence-corrected chi connectivity index (χ2v) is 10.1. The highest BCUT2D eigenvalue weighted by molar-refractivity contribution is 5.70. The summed E-state index contributed by atoms with van der Waals surface area (Å²) < 4.78 is 0. The van der Waals surface area contributed by atoms with Crippen LogP contribution in [0.2, 0.25) is 0 Å². The van der Waals surface area contributed by atoms with Gasteiger partial charge in [-0.15, -0.1) is 0 Å². The highest BCUT2D eigenvalue weighted by Crippen LogP contribution is 2.42. The number of phenolic OH excluding ortho intramolecular Hbond substituents is 1. The van der Waals surface area contributed by atoms with Crippen LogP contribution >= 0.6 is 0 Å². The monoisotopic (exact) mass is 416 g/mol. The normalized spacial score (nSPS) is 19.5. The van der Waals surface area contributed by atoms with E-state index in [0.29, 0.717) is 11.2 Å². The highest BCUT2D eigenvalue weighted by atomic mass is 16.3. The first kappa shape index (κ1) is 21.7. The van der Waals surface area contributed by atoms with Crippen LogP contribution in [0.25, 0.3) is 11.1 Å². The van der Waals surface area contributed by atoms with Gasteiger partial charge in [-0.05, 0) is 72.6 Å². The molecule has 0 unspecified atom stereocenters. The molecule has 2 aliphatic rings.